The lowest BCUT2D eigenvalue weighted by molar-refractivity contribution is -0.118. The quantitative estimate of drug-likeness (QED) is 0.318. The van der Waals surface area contributed by atoms with Gasteiger partial charge in [0.2, 0.25) is 11.2 Å². The average molecular weight is 488 g/mol. The monoisotopic (exact) mass is 487 g/mol. The summed E-state index contributed by atoms with van der Waals surface area (Å²) >= 11 is 0. The fourth-order valence-electron chi connectivity index (χ4n) is 3.52. The van der Waals surface area contributed by atoms with Crippen molar-refractivity contribution in [3.8, 4) is 17.2 Å². The second kappa shape index (κ2) is 11.2. The molecule has 0 unspecified atom stereocenters. The van der Waals surface area contributed by atoms with E-state index in [2.05, 4.69) is 5.32 Å². The van der Waals surface area contributed by atoms with Crippen LogP contribution in [0, 0.1) is 0 Å². The summed E-state index contributed by atoms with van der Waals surface area (Å²) in [7, 11) is 0. The van der Waals surface area contributed by atoms with Gasteiger partial charge in [-0.1, -0.05) is 25.1 Å². The Morgan fingerprint density at radius 2 is 1.72 bits per heavy atom. The third kappa shape index (κ3) is 5.72. The van der Waals surface area contributed by atoms with Crippen molar-refractivity contribution in [2.75, 3.05) is 18.5 Å². The van der Waals surface area contributed by atoms with E-state index >= 15 is 0 Å². The highest BCUT2D eigenvalue weighted by atomic mass is 16.5. The number of nitrogens with one attached hydrogen (secondary N) is 1. The van der Waals surface area contributed by atoms with Crippen LogP contribution in [-0.2, 0) is 16.0 Å². The number of para-hydroxylation sites is 1. The van der Waals surface area contributed by atoms with Gasteiger partial charge in [-0.25, -0.2) is 4.79 Å². The Morgan fingerprint density at radius 1 is 0.944 bits per heavy atom. The summed E-state index contributed by atoms with van der Waals surface area (Å²) in [6.45, 7) is 3.77. The topological polar surface area (TPSA) is 104 Å². The fourth-order valence-corrected chi connectivity index (χ4v) is 3.52. The van der Waals surface area contributed by atoms with E-state index in [4.69, 9.17) is 18.6 Å². The zero-order chi connectivity index (χ0) is 25.5. The molecule has 184 valence electrons. The van der Waals surface area contributed by atoms with E-state index in [1.807, 2.05) is 25.1 Å². The third-order valence-corrected chi connectivity index (χ3v) is 5.34. The molecule has 36 heavy (non-hydrogen) atoms. The van der Waals surface area contributed by atoms with Gasteiger partial charge in [0.05, 0.1) is 17.6 Å². The average Bonchev–Trinajstić information content (AvgIpc) is 2.90. The molecule has 0 fully saturated rings. The van der Waals surface area contributed by atoms with Crippen LogP contribution in [-0.4, -0.2) is 25.1 Å². The molecule has 8 heteroatoms. The van der Waals surface area contributed by atoms with Crippen molar-refractivity contribution in [1.82, 2.24) is 0 Å². The number of aryl methyl sites for hydroxylation is 1. The minimum atomic E-state index is -0.425. The minimum Gasteiger partial charge on any atom is -0.484 e. The number of rotatable bonds is 9. The molecule has 0 radical (unpaired) electrons. The van der Waals surface area contributed by atoms with Crippen molar-refractivity contribution >= 4 is 28.5 Å². The van der Waals surface area contributed by atoms with Crippen LogP contribution in [0.5, 0.6) is 17.2 Å². The molecule has 0 aliphatic carbocycles. The van der Waals surface area contributed by atoms with Crippen LogP contribution in [0.4, 0.5) is 5.69 Å². The highest BCUT2D eigenvalue weighted by molar-refractivity contribution is 5.93. The van der Waals surface area contributed by atoms with Crippen molar-refractivity contribution < 1.29 is 28.2 Å². The van der Waals surface area contributed by atoms with Crippen LogP contribution >= 0.6 is 0 Å². The molecule has 1 heterocycles. The molecule has 3 aromatic carbocycles. The van der Waals surface area contributed by atoms with Gasteiger partial charge < -0.3 is 23.9 Å². The Hall–Kier alpha value is -4.59. The first-order valence-electron chi connectivity index (χ1n) is 11.5. The normalized spacial score (nSPS) is 10.6. The molecule has 1 amide bonds. The van der Waals surface area contributed by atoms with E-state index in [1.54, 1.807) is 55.5 Å². The van der Waals surface area contributed by atoms with Gasteiger partial charge >= 0.3 is 5.97 Å². The number of hydrogen-bond acceptors (Lipinski definition) is 7. The van der Waals surface area contributed by atoms with Gasteiger partial charge in [-0.05, 0) is 61.4 Å². The maximum Gasteiger partial charge on any atom is 0.338 e. The summed E-state index contributed by atoms with van der Waals surface area (Å²) in [5.74, 6) is 0.243. The lowest BCUT2D eigenvalue weighted by Crippen LogP contribution is -2.20. The Bertz CT molecular complexity index is 1440. The highest BCUT2D eigenvalue weighted by Crippen LogP contribution is 2.26. The zero-order valence-corrected chi connectivity index (χ0v) is 19.9. The predicted molar refractivity (Wildman–Crippen MR) is 135 cm³/mol. The summed E-state index contributed by atoms with van der Waals surface area (Å²) in [6, 6.07) is 18.6. The van der Waals surface area contributed by atoms with Gasteiger partial charge in [0.1, 0.15) is 23.3 Å². The fraction of sp³-hybridized carbons (Fsp3) is 0.179. The van der Waals surface area contributed by atoms with E-state index in [9.17, 15) is 14.4 Å². The smallest absolute Gasteiger partial charge is 0.338 e. The zero-order valence-electron chi connectivity index (χ0n) is 19.9. The first-order chi connectivity index (χ1) is 17.5. The number of carbonyl (C=O) groups excluding carboxylic acids is 2. The molecular weight excluding hydrogens is 462 g/mol. The molecule has 0 atom stereocenters. The SMILES string of the molecule is CCOC(=O)c1ccc(NC(=O)COc2ccc3c(=O)c(Oc4ccccc4CC)coc3c2)cc1. The van der Waals surface area contributed by atoms with Gasteiger partial charge in [-0.2, -0.15) is 0 Å². The standard InChI is InChI=1S/C28H25NO7/c1-3-18-7-5-6-8-23(18)36-25-16-35-24-15-21(13-14-22(24)27(25)31)34-17-26(30)29-20-11-9-19(10-12-20)28(32)33-4-2/h5-16H,3-4,17H2,1-2H3,(H,29,30). The van der Waals surface area contributed by atoms with Gasteiger partial charge in [-0.15, -0.1) is 0 Å². The Balaban J connectivity index is 1.39. The van der Waals surface area contributed by atoms with Crippen LogP contribution in [0.25, 0.3) is 11.0 Å². The number of carbonyl (C=O) groups is 2. The van der Waals surface area contributed by atoms with Crippen LogP contribution in [0.1, 0.15) is 29.8 Å². The van der Waals surface area contributed by atoms with E-state index < -0.39 is 11.9 Å². The van der Waals surface area contributed by atoms with Crippen molar-refractivity contribution in [3.05, 3.63) is 94.3 Å². The second-order valence-corrected chi connectivity index (χ2v) is 7.79. The van der Waals surface area contributed by atoms with Crippen LogP contribution in [0.15, 0.2) is 82.2 Å². The summed E-state index contributed by atoms with van der Waals surface area (Å²) in [5.41, 5.74) is 1.89. The first kappa shape index (κ1) is 24.5. The van der Waals surface area contributed by atoms with Crippen molar-refractivity contribution in [2.45, 2.75) is 20.3 Å². The van der Waals surface area contributed by atoms with Crippen LogP contribution < -0.4 is 20.2 Å². The number of amides is 1. The molecule has 0 saturated carbocycles. The van der Waals surface area contributed by atoms with Crippen molar-refractivity contribution in [1.29, 1.82) is 0 Å². The largest absolute Gasteiger partial charge is 0.484 e. The third-order valence-electron chi connectivity index (χ3n) is 5.34. The molecule has 0 bridgehead atoms. The van der Waals surface area contributed by atoms with E-state index in [0.717, 1.165) is 12.0 Å². The van der Waals surface area contributed by atoms with Gasteiger partial charge in [0.25, 0.3) is 5.91 Å². The number of esters is 1. The summed E-state index contributed by atoms with van der Waals surface area (Å²) < 4.78 is 21.9. The lowest BCUT2D eigenvalue weighted by Gasteiger charge is -2.10. The number of anilines is 1. The summed E-state index contributed by atoms with van der Waals surface area (Å²) in [5, 5.41) is 3.02. The molecular formula is C28H25NO7. The number of benzene rings is 3. The molecule has 0 aliphatic rings. The van der Waals surface area contributed by atoms with Crippen molar-refractivity contribution in [2.24, 2.45) is 0 Å². The molecule has 4 rings (SSSR count). The maximum absolute atomic E-state index is 12.9. The number of ether oxygens (including phenoxy) is 3. The highest BCUT2D eigenvalue weighted by Gasteiger charge is 2.13. The maximum atomic E-state index is 12.9. The van der Waals surface area contributed by atoms with Gasteiger partial charge in [0.15, 0.2) is 6.61 Å². The van der Waals surface area contributed by atoms with Gasteiger partial charge in [-0.3, -0.25) is 9.59 Å². The van der Waals surface area contributed by atoms with E-state index in [0.29, 0.717) is 33.7 Å². The molecule has 4 aromatic rings. The number of fused-ring (bicyclic) bond motifs is 1. The summed E-state index contributed by atoms with van der Waals surface area (Å²) in [4.78, 5) is 36.9. The van der Waals surface area contributed by atoms with E-state index in [1.165, 1.54) is 6.26 Å². The van der Waals surface area contributed by atoms with Crippen LogP contribution in [0.2, 0.25) is 0 Å². The Morgan fingerprint density at radius 3 is 2.47 bits per heavy atom. The molecule has 0 spiro atoms. The number of hydrogen-bond donors (Lipinski definition) is 1. The first-order valence-corrected chi connectivity index (χ1v) is 11.5. The lowest BCUT2D eigenvalue weighted by atomic mass is 10.1. The predicted octanol–water partition coefficient (Wildman–Crippen LogP) is 5.34. The van der Waals surface area contributed by atoms with E-state index in [-0.39, 0.29) is 24.4 Å². The Labute approximate surface area is 207 Å². The molecule has 0 aliphatic heterocycles. The molecule has 1 N–H and O–H groups in total. The van der Waals surface area contributed by atoms with Gasteiger partial charge in [0, 0.05) is 11.8 Å². The molecule has 8 nitrogen and oxygen atoms in total. The van der Waals surface area contributed by atoms with Crippen LogP contribution in [0.3, 0.4) is 0 Å². The Kier molecular flexibility index (Phi) is 7.65. The second-order valence-electron chi connectivity index (χ2n) is 7.79. The minimum absolute atomic E-state index is 0.0884. The molecule has 1 aromatic heterocycles. The molecule has 0 saturated heterocycles. The summed E-state index contributed by atoms with van der Waals surface area (Å²) in [6.07, 6.45) is 2.04. The van der Waals surface area contributed by atoms with Crippen molar-refractivity contribution in [3.63, 3.8) is 0 Å².